The van der Waals surface area contributed by atoms with Crippen LogP contribution in [0.1, 0.15) is 29.1 Å². The first-order valence-electron chi connectivity index (χ1n) is 8.55. The monoisotopic (exact) mass is 343 g/mol. The maximum atomic E-state index is 12.6. The quantitative estimate of drug-likeness (QED) is 0.837. The fourth-order valence-corrected chi connectivity index (χ4v) is 3.91. The summed E-state index contributed by atoms with van der Waals surface area (Å²) in [4.78, 5) is 21.4. The Morgan fingerprint density at radius 3 is 2.88 bits per heavy atom. The van der Waals surface area contributed by atoms with Crippen molar-refractivity contribution in [2.24, 2.45) is 0 Å². The lowest BCUT2D eigenvalue weighted by molar-refractivity contribution is -0.132. The topological polar surface area (TPSA) is 36.4 Å². The van der Waals surface area contributed by atoms with Crippen LogP contribution in [0.4, 0.5) is 0 Å². The van der Waals surface area contributed by atoms with E-state index < -0.39 is 0 Å². The van der Waals surface area contributed by atoms with Crippen molar-refractivity contribution in [3.63, 3.8) is 0 Å². The molecule has 1 fully saturated rings. The molecule has 0 N–H and O–H groups in total. The fraction of sp³-hybridized carbons (Fsp3) is 0.474. The summed E-state index contributed by atoms with van der Waals surface area (Å²) in [5.41, 5.74) is 2.23. The molecule has 5 heteroatoms. The van der Waals surface area contributed by atoms with Gasteiger partial charge in [-0.25, -0.2) is 4.98 Å². The van der Waals surface area contributed by atoms with Crippen LogP contribution in [0.3, 0.4) is 0 Å². The summed E-state index contributed by atoms with van der Waals surface area (Å²) in [5.74, 6) is 0.207. The van der Waals surface area contributed by atoms with Crippen molar-refractivity contribution < 1.29 is 4.79 Å². The predicted octanol–water partition coefficient (Wildman–Crippen LogP) is 3.12. The van der Waals surface area contributed by atoms with E-state index in [1.807, 2.05) is 23.3 Å². The molecular formula is C19H25N3OS. The van der Waals surface area contributed by atoms with Crippen LogP contribution >= 0.6 is 11.3 Å². The van der Waals surface area contributed by atoms with Crippen LogP contribution in [0.5, 0.6) is 0 Å². The lowest BCUT2D eigenvalue weighted by Crippen LogP contribution is -2.48. The zero-order valence-electron chi connectivity index (χ0n) is 14.4. The summed E-state index contributed by atoms with van der Waals surface area (Å²) in [5, 5.41) is 3.02. The Morgan fingerprint density at radius 2 is 2.17 bits per heavy atom. The van der Waals surface area contributed by atoms with Gasteiger partial charge in [-0.05, 0) is 32.4 Å². The molecule has 0 aliphatic carbocycles. The number of aromatic nitrogens is 1. The summed E-state index contributed by atoms with van der Waals surface area (Å²) >= 11 is 1.61. The van der Waals surface area contributed by atoms with Crippen molar-refractivity contribution in [3.05, 3.63) is 52.0 Å². The van der Waals surface area contributed by atoms with Crippen LogP contribution in [0.15, 0.2) is 35.7 Å². The molecule has 1 amide bonds. The van der Waals surface area contributed by atoms with E-state index >= 15 is 0 Å². The Hall–Kier alpha value is -1.72. The van der Waals surface area contributed by atoms with E-state index in [2.05, 4.69) is 41.2 Å². The van der Waals surface area contributed by atoms with Gasteiger partial charge in [0, 0.05) is 31.1 Å². The van der Waals surface area contributed by atoms with Gasteiger partial charge in [0.25, 0.3) is 0 Å². The minimum absolute atomic E-state index is 0.207. The van der Waals surface area contributed by atoms with E-state index in [1.54, 1.807) is 11.3 Å². The zero-order valence-corrected chi connectivity index (χ0v) is 15.3. The second-order valence-electron chi connectivity index (χ2n) is 6.57. The number of likely N-dealkylation sites (tertiary alicyclic amines) is 1. The summed E-state index contributed by atoms with van der Waals surface area (Å²) in [6.07, 6.45) is 2.66. The Labute approximate surface area is 148 Å². The molecule has 0 radical (unpaired) electrons. The van der Waals surface area contributed by atoms with Crippen LogP contribution in [0, 0.1) is 6.92 Å². The van der Waals surface area contributed by atoms with Gasteiger partial charge >= 0.3 is 0 Å². The zero-order chi connectivity index (χ0) is 16.9. The number of hydrogen-bond acceptors (Lipinski definition) is 4. The van der Waals surface area contributed by atoms with Gasteiger partial charge in [0.2, 0.25) is 5.91 Å². The molecule has 0 spiro atoms. The molecule has 1 atom stereocenters. The molecule has 24 heavy (non-hydrogen) atoms. The maximum absolute atomic E-state index is 12.6. The smallest absolute Gasteiger partial charge is 0.228 e. The largest absolute Gasteiger partial charge is 0.341 e. The third-order valence-corrected chi connectivity index (χ3v) is 5.47. The third-order valence-electron chi connectivity index (χ3n) is 4.65. The molecule has 3 rings (SSSR count). The van der Waals surface area contributed by atoms with Crippen molar-refractivity contribution in [3.8, 4) is 0 Å². The second kappa shape index (κ2) is 7.90. The van der Waals surface area contributed by atoms with E-state index in [1.165, 1.54) is 5.56 Å². The van der Waals surface area contributed by atoms with E-state index in [-0.39, 0.29) is 5.91 Å². The second-order valence-corrected chi connectivity index (χ2v) is 7.63. The van der Waals surface area contributed by atoms with Crippen LogP contribution in [0.25, 0.3) is 0 Å². The number of rotatable bonds is 5. The molecule has 2 heterocycles. The van der Waals surface area contributed by atoms with Crippen molar-refractivity contribution in [2.45, 2.75) is 38.8 Å². The summed E-state index contributed by atoms with van der Waals surface area (Å²) < 4.78 is 0. The Balaban J connectivity index is 1.56. The van der Waals surface area contributed by atoms with Gasteiger partial charge in [0.1, 0.15) is 0 Å². The minimum atomic E-state index is 0.207. The normalized spacial score (nSPS) is 18.1. The molecule has 128 valence electrons. The standard InChI is InChI=1S/C19H25N3OS/c1-15-20-17(14-24-15)11-19(23)22-10-6-9-18(13-22)21(2)12-16-7-4-3-5-8-16/h3-5,7-8,14,18H,6,9-13H2,1-2H3/t18-/m1/s1. The number of likely N-dealkylation sites (N-methyl/N-ethyl adjacent to an activating group) is 1. The number of piperidine rings is 1. The molecule has 1 aromatic carbocycles. The van der Waals surface area contributed by atoms with Crippen molar-refractivity contribution >= 4 is 17.2 Å². The van der Waals surface area contributed by atoms with Crippen LogP contribution in [0.2, 0.25) is 0 Å². The van der Waals surface area contributed by atoms with E-state index in [4.69, 9.17) is 0 Å². The number of hydrogen-bond donors (Lipinski definition) is 0. The first-order valence-corrected chi connectivity index (χ1v) is 9.43. The van der Waals surface area contributed by atoms with Crippen LogP contribution < -0.4 is 0 Å². The highest BCUT2D eigenvalue weighted by Crippen LogP contribution is 2.18. The highest BCUT2D eigenvalue weighted by molar-refractivity contribution is 7.09. The maximum Gasteiger partial charge on any atom is 0.228 e. The molecular weight excluding hydrogens is 318 g/mol. The predicted molar refractivity (Wildman–Crippen MR) is 98.1 cm³/mol. The number of aryl methyl sites for hydroxylation is 1. The average Bonchev–Trinajstić information content (AvgIpc) is 3.00. The highest BCUT2D eigenvalue weighted by Gasteiger charge is 2.26. The summed E-state index contributed by atoms with van der Waals surface area (Å²) in [6, 6.07) is 11.0. The molecule has 0 bridgehead atoms. The number of benzene rings is 1. The Morgan fingerprint density at radius 1 is 1.38 bits per heavy atom. The highest BCUT2D eigenvalue weighted by atomic mass is 32.1. The van der Waals surface area contributed by atoms with Gasteiger partial charge in [-0.3, -0.25) is 9.69 Å². The van der Waals surface area contributed by atoms with Crippen LogP contribution in [-0.4, -0.2) is 46.9 Å². The molecule has 1 aliphatic rings. The minimum Gasteiger partial charge on any atom is -0.341 e. The third kappa shape index (κ3) is 4.42. The lowest BCUT2D eigenvalue weighted by atomic mass is 10.0. The molecule has 0 saturated carbocycles. The molecule has 1 saturated heterocycles. The van der Waals surface area contributed by atoms with Gasteiger partial charge in [0.15, 0.2) is 0 Å². The lowest BCUT2D eigenvalue weighted by Gasteiger charge is -2.37. The Bertz CT molecular complexity index is 670. The molecule has 1 aliphatic heterocycles. The first kappa shape index (κ1) is 17.1. The van der Waals surface area contributed by atoms with Gasteiger partial charge in [-0.2, -0.15) is 0 Å². The van der Waals surface area contributed by atoms with Crippen molar-refractivity contribution in [2.75, 3.05) is 20.1 Å². The first-order chi connectivity index (χ1) is 11.6. The van der Waals surface area contributed by atoms with Crippen LogP contribution in [-0.2, 0) is 17.8 Å². The summed E-state index contributed by atoms with van der Waals surface area (Å²) in [6.45, 7) is 4.61. The summed E-state index contributed by atoms with van der Waals surface area (Å²) in [7, 11) is 2.16. The molecule has 1 aromatic heterocycles. The van der Waals surface area contributed by atoms with Crippen molar-refractivity contribution in [1.82, 2.24) is 14.8 Å². The fourth-order valence-electron chi connectivity index (χ4n) is 3.30. The molecule has 0 unspecified atom stereocenters. The number of amides is 1. The van der Waals surface area contributed by atoms with E-state index in [0.29, 0.717) is 12.5 Å². The molecule has 2 aromatic rings. The van der Waals surface area contributed by atoms with E-state index in [9.17, 15) is 4.79 Å². The SMILES string of the molecule is Cc1nc(CC(=O)N2CCC[C@@H](N(C)Cc3ccccc3)C2)cs1. The number of thiazole rings is 1. The van der Waals surface area contributed by atoms with Gasteiger partial charge in [-0.1, -0.05) is 30.3 Å². The average molecular weight is 343 g/mol. The number of nitrogens with zero attached hydrogens (tertiary/aromatic N) is 3. The number of carbonyl (C=O) groups is 1. The van der Waals surface area contributed by atoms with Gasteiger partial charge in [-0.15, -0.1) is 11.3 Å². The number of carbonyl (C=O) groups excluding carboxylic acids is 1. The van der Waals surface area contributed by atoms with Crippen molar-refractivity contribution in [1.29, 1.82) is 0 Å². The van der Waals surface area contributed by atoms with Gasteiger partial charge < -0.3 is 4.90 Å². The molecule has 4 nitrogen and oxygen atoms in total. The van der Waals surface area contributed by atoms with E-state index in [0.717, 1.165) is 43.2 Å². The Kier molecular flexibility index (Phi) is 5.63. The van der Waals surface area contributed by atoms with Gasteiger partial charge in [0.05, 0.1) is 17.1 Å².